The van der Waals surface area contributed by atoms with Gasteiger partial charge < -0.3 is 33.9 Å². The van der Waals surface area contributed by atoms with Gasteiger partial charge in [-0.2, -0.15) is 0 Å². The quantitative estimate of drug-likeness (QED) is 0.184. The Balaban J connectivity index is 1.17. The van der Waals surface area contributed by atoms with Crippen molar-refractivity contribution in [1.82, 2.24) is 34.7 Å². The van der Waals surface area contributed by atoms with E-state index in [1.165, 1.54) is 34.3 Å². The molecule has 0 unspecified atom stereocenters. The van der Waals surface area contributed by atoms with Crippen LogP contribution in [0.1, 0.15) is 78.8 Å². The van der Waals surface area contributed by atoms with Gasteiger partial charge in [0.25, 0.3) is 5.91 Å². The van der Waals surface area contributed by atoms with Crippen molar-refractivity contribution in [3.8, 4) is 22.2 Å². The van der Waals surface area contributed by atoms with E-state index in [1.54, 1.807) is 45.9 Å². The summed E-state index contributed by atoms with van der Waals surface area (Å²) in [4.78, 5) is 72.5. The topological polar surface area (TPSA) is 208 Å². The van der Waals surface area contributed by atoms with E-state index < -0.39 is 86.5 Å². The van der Waals surface area contributed by atoms with Gasteiger partial charge in [-0.3, -0.25) is 28.9 Å². The highest BCUT2D eigenvalue weighted by Gasteiger charge is 2.63. The van der Waals surface area contributed by atoms with Gasteiger partial charge in [-0.1, -0.05) is 31.5 Å². The molecule has 18 nitrogen and oxygen atoms in total. The number of nitrogens with one attached hydrogen (secondary N) is 2. The summed E-state index contributed by atoms with van der Waals surface area (Å²) in [5, 5.41) is 5.53. The first-order valence-electron chi connectivity index (χ1n) is 22.8. The van der Waals surface area contributed by atoms with Crippen LogP contribution < -0.4 is 19.5 Å². The number of benzene rings is 1. The largest absolute Gasteiger partial charge is 0.491 e. The monoisotopic (exact) mass is 985 g/mol. The molecule has 0 spiro atoms. The average Bonchev–Trinajstić information content (AvgIpc) is 4.17. The third-order valence-electron chi connectivity index (χ3n) is 13.0. The molecule has 0 radical (unpaired) electrons. The Morgan fingerprint density at radius 1 is 1.12 bits per heavy atom. The SMILES string of the molecule is C=C[C@@H]1C[C@]1(NC(=O)[C@@H]1C[C@@H](Oc2cc(-c3nc(C(C)C)cs3)nc3c(Cl)c(OCCN4CCOCC4)ccc23)[C@H]2CN(C(=O)OC(C)(C)C)[C@H]([C@@H](C)OC)C(=O)N21)C(=O)NS(=O)(=O)C1CC1. The second-order valence-corrected chi connectivity index (χ2v) is 22.4. The van der Waals surface area contributed by atoms with Crippen molar-refractivity contribution < 1.29 is 51.3 Å². The summed E-state index contributed by atoms with van der Waals surface area (Å²) in [6, 6.07) is 1.93. The molecule has 1 aromatic carbocycles. The summed E-state index contributed by atoms with van der Waals surface area (Å²) in [7, 11) is -2.54. The Hall–Kier alpha value is -4.60. The first-order chi connectivity index (χ1) is 31.7. The summed E-state index contributed by atoms with van der Waals surface area (Å²) in [6.45, 7) is 18.6. The van der Waals surface area contributed by atoms with Gasteiger partial charge in [0.05, 0.1) is 41.8 Å². The molecule has 8 rings (SSSR count). The van der Waals surface area contributed by atoms with Crippen LogP contribution in [0.2, 0.25) is 5.02 Å². The van der Waals surface area contributed by atoms with Gasteiger partial charge in [-0.25, -0.2) is 23.2 Å². The highest BCUT2D eigenvalue weighted by atomic mass is 35.5. The predicted octanol–water partition coefficient (Wildman–Crippen LogP) is 4.89. The van der Waals surface area contributed by atoms with Gasteiger partial charge in [-0.15, -0.1) is 17.9 Å². The van der Waals surface area contributed by atoms with Crippen LogP contribution in [0, 0.1) is 5.92 Å². The number of sulfonamides is 1. The lowest BCUT2D eigenvalue weighted by molar-refractivity contribution is -0.156. The summed E-state index contributed by atoms with van der Waals surface area (Å²) in [5.74, 6) is -1.84. The molecule has 2 saturated carbocycles. The minimum Gasteiger partial charge on any atom is -0.491 e. The fraction of sp³-hybridized carbons (Fsp3) is 0.609. The summed E-state index contributed by atoms with van der Waals surface area (Å²) in [5.41, 5.74) is -0.802. The van der Waals surface area contributed by atoms with Crippen LogP contribution in [-0.4, -0.2) is 157 Å². The summed E-state index contributed by atoms with van der Waals surface area (Å²) < 4.78 is 58.2. The molecule has 4 amide bonds. The van der Waals surface area contributed by atoms with Gasteiger partial charge >= 0.3 is 6.09 Å². The number of fused-ring (bicyclic) bond motifs is 2. The Labute approximate surface area is 400 Å². The van der Waals surface area contributed by atoms with Crippen LogP contribution in [0.25, 0.3) is 21.6 Å². The summed E-state index contributed by atoms with van der Waals surface area (Å²) in [6.07, 6.45) is -0.145. The maximum Gasteiger partial charge on any atom is 0.411 e. The van der Waals surface area contributed by atoms with E-state index in [0.29, 0.717) is 72.3 Å². The molecule has 3 saturated heterocycles. The van der Waals surface area contributed by atoms with Crippen LogP contribution in [0.3, 0.4) is 0 Å². The van der Waals surface area contributed by atoms with Crippen molar-refractivity contribution in [1.29, 1.82) is 0 Å². The minimum atomic E-state index is -3.96. The van der Waals surface area contributed by atoms with Gasteiger partial charge in [0.15, 0.2) is 0 Å². The first-order valence-corrected chi connectivity index (χ1v) is 25.6. The van der Waals surface area contributed by atoms with Gasteiger partial charge in [0.2, 0.25) is 21.8 Å². The number of nitrogens with zero attached hydrogens (tertiary/aromatic N) is 5. The molecule has 364 valence electrons. The number of carbonyl (C=O) groups is 4. The molecule has 67 heavy (non-hydrogen) atoms. The number of aromatic nitrogens is 2. The number of pyridine rings is 1. The molecule has 3 aromatic rings. The fourth-order valence-electron chi connectivity index (χ4n) is 8.96. The highest BCUT2D eigenvalue weighted by molar-refractivity contribution is 7.91. The second kappa shape index (κ2) is 19.1. The van der Waals surface area contributed by atoms with E-state index in [2.05, 4.69) is 21.5 Å². The molecule has 5 aliphatic rings. The molecule has 0 bridgehead atoms. The maximum atomic E-state index is 15.0. The molecule has 2 N–H and O–H groups in total. The number of rotatable bonds is 16. The van der Waals surface area contributed by atoms with Crippen molar-refractivity contribution >= 4 is 67.7 Å². The van der Waals surface area contributed by atoms with Crippen molar-refractivity contribution in [2.75, 3.05) is 53.1 Å². The lowest BCUT2D eigenvalue weighted by atomic mass is 10.0. The summed E-state index contributed by atoms with van der Waals surface area (Å²) >= 11 is 8.58. The standard InChI is InChI=1S/C46H60ClN7O11S2/c1-9-27-22-46(27,43(57)51-67(59,60)28-10-11-28)50-40(55)32-21-36(33-23-53(44(58)65-45(5,6)7)39(26(4)61-8)42(56)54(32)33)64-35-20-30(41-49-31(24-66-41)25(2)3)48-38-29(35)12-13-34(37(38)47)63-19-16-52-14-17-62-18-15-52/h9,12-13,20,24-28,32-33,36,39H,1,10-11,14-19,21-23H2,2-8H3,(H,50,55)(H,51,57)/t26-,27-,32+,33-,36-,39-,46-/m1/s1. The number of piperazine rings is 1. The molecular weight excluding hydrogens is 926 g/mol. The van der Waals surface area contributed by atoms with Crippen molar-refractivity contribution in [3.05, 3.63) is 47.0 Å². The van der Waals surface area contributed by atoms with Crippen LogP contribution in [-0.2, 0) is 38.6 Å². The van der Waals surface area contributed by atoms with E-state index in [9.17, 15) is 22.8 Å². The van der Waals surface area contributed by atoms with Crippen molar-refractivity contribution in [3.63, 3.8) is 0 Å². The molecule has 5 heterocycles. The number of hydrogen-bond donors (Lipinski definition) is 2. The van der Waals surface area contributed by atoms with E-state index in [1.807, 2.05) is 19.2 Å². The zero-order chi connectivity index (χ0) is 48.2. The normalized spacial score (nSPS) is 26.0. The van der Waals surface area contributed by atoms with Crippen molar-refractivity contribution in [2.45, 2.75) is 120 Å². The minimum absolute atomic E-state index is 0.0837. The number of amides is 4. The Morgan fingerprint density at radius 2 is 1.85 bits per heavy atom. The molecule has 21 heteroatoms. The zero-order valence-corrected chi connectivity index (χ0v) is 41.3. The number of carbonyl (C=O) groups excluding carboxylic acids is 4. The van der Waals surface area contributed by atoms with Gasteiger partial charge in [-0.05, 0) is 65.0 Å². The van der Waals surface area contributed by atoms with Gasteiger partial charge in [0, 0.05) is 62.5 Å². The number of hydrogen-bond acceptors (Lipinski definition) is 15. The second-order valence-electron chi connectivity index (χ2n) is 19.2. The lowest BCUT2D eigenvalue weighted by Crippen LogP contribution is -2.69. The molecule has 7 atom stereocenters. The lowest BCUT2D eigenvalue weighted by Gasteiger charge is -2.46. The zero-order valence-electron chi connectivity index (χ0n) is 38.9. The molecule has 3 aliphatic heterocycles. The molecule has 2 aromatic heterocycles. The third-order valence-corrected chi connectivity index (χ3v) is 16.1. The first kappa shape index (κ1) is 48.8. The Morgan fingerprint density at radius 3 is 2.48 bits per heavy atom. The number of thiazole rings is 1. The number of methoxy groups -OCH3 is 1. The molecule has 2 aliphatic carbocycles. The van der Waals surface area contributed by atoms with Crippen LogP contribution in [0.4, 0.5) is 4.79 Å². The average molecular weight is 987 g/mol. The molecular formula is C46H60ClN7O11S2. The van der Waals surface area contributed by atoms with Crippen LogP contribution in [0.15, 0.2) is 36.2 Å². The van der Waals surface area contributed by atoms with E-state index in [4.69, 9.17) is 45.3 Å². The van der Waals surface area contributed by atoms with Crippen molar-refractivity contribution in [2.24, 2.45) is 5.92 Å². The van der Waals surface area contributed by atoms with Crippen LogP contribution >= 0.6 is 22.9 Å². The van der Waals surface area contributed by atoms with E-state index in [-0.39, 0.29) is 30.3 Å². The smallest absolute Gasteiger partial charge is 0.411 e. The number of ether oxygens (including phenoxy) is 5. The molecule has 5 fully saturated rings. The van der Waals surface area contributed by atoms with Crippen LogP contribution in [0.5, 0.6) is 11.5 Å². The predicted molar refractivity (Wildman–Crippen MR) is 251 cm³/mol. The number of morpholine rings is 1. The number of halogens is 1. The third kappa shape index (κ3) is 10.1. The Bertz CT molecular complexity index is 2530. The van der Waals surface area contributed by atoms with E-state index in [0.717, 1.165) is 18.8 Å². The fourth-order valence-corrected chi connectivity index (χ4v) is 11.5. The Kier molecular flexibility index (Phi) is 13.9. The van der Waals surface area contributed by atoms with E-state index >= 15 is 4.79 Å². The van der Waals surface area contributed by atoms with Gasteiger partial charge in [0.1, 0.15) is 63.2 Å². The highest BCUT2D eigenvalue weighted by Crippen LogP contribution is 2.47. The maximum absolute atomic E-state index is 15.0.